The summed E-state index contributed by atoms with van der Waals surface area (Å²) in [5.74, 6) is 0. The largest absolute Gasteiger partial charge is 0.354 e. The molecule has 0 N–H and O–H groups in total. The van der Waals surface area contributed by atoms with Crippen molar-refractivity contribution in [2.45, 2.75) is 179 Å². The Morgan fingerprint density at radius 2 is 0.830 bits per heavy atom. The number of benzene rings is 8. The first-order valence-electron chi connectivity index (χ1n) is 33.0. The molecular formula is C80H98N8. The Labute approximate surface area is 529 Å². The third-order valence-corrected chi connectivity index (χ3v) is 21.5. The first-order chi connectivity index (χ1) is 42.2. The molecule has 0 saturated carbocycles. The molecule has 4 fully saturated rings. The summed E-state index contributed by atoms with van der Waals surface area (Å²) in [7, 11) is 2.19. The topological polar surface area (TPSA) is 25.9 Å². The highest BCUT2D eigenvalue weighted by molar-refractivity contribution is 5.92. The minimum atomic E-state index is 0.208. The predicted molar refractivity (Wildman–Crippen MR) is 376 cm³/mol. The molecule has 0 aliphatic carbocycles. The summed E-state index contributed by atoms with van der Waals surface area (Å²) in [4.78, 5) is 20.6. The van der Waals surface area contributed by atoms with Gasteiger partial charge in [0, 0.05) is 91.1 Å². The van der Waals surface area contributed by atoms with Crippen molar-refractivity contribution in [2.24, 2.45) is 0 Å². The summed E-state index contributed by atoms with van der Waals surface area (Å²) >= 11 is 0. The van der Waals surface area contributed by atoms with E-state index >= 15 is 0 Å². The summed E-state index contributed by atoms with van der Waals surface area (Å²) < 4.78 is 0. The molecule has 9 unspecified atom stereocenters. The van der Waals surface area contributed by atoms with Crippen molar-refractivity contribution in [3.8, 4) is 11.1 Å². The van der Waals surface area contributed by atoms with Crippen LogP contribution in [0.5, 0.6) is 0 Å². The van der Waals surface area contributed by atoms with E-state index in [4.69, 9.17) is 0 Å². The lowest BCUT2D eigenvalue weighted by molar-refractivity contribution is 0.244. The zero-order chi connectivity index (χ0) is 62.1. The fourth-order valence-electron chi connectivity index (χ4n) is 16.3. The van der Waals surface area contributed by atoms with Crippen LogP contribution in [-0.2, 0) is 13.0 Å². The molecule has 8 heteroatoms. The maximum absolute atomic E-state index is 2.67. The van der Waals surface area contributed by atoms with Crippen molar-refractivity contribution >= 4 is 39.8 Å². The van der Waals surface area contributed by atoms with Gasteiger partial charge in [0.2, 0.25) is 0 Å². The number of para-hydroxylation sites is 3. The summed E-state index contributed by atoms with van der Waals surface area (Å²) in [6.45, 7) is 42.0. The molecule has 0 amide bonds. The number of piperidine rings is 1. The number of anilines is 7. The predicted octanol–water partition coefficient (Wildman–Crippen LogP) is 18.0. The maximum atomic E-state index is 2.67. The molecule has 15 rings (SSSR count). The van der Waals surface area contributed by atoms with Crippen LogP contribution in [0.4, 0.5) is 39.8 Å². The second kappa shape index (κ2) is 24.5. The van der Waals surface area contributed by atoms with E-state index in [1.807, 2.05) is 0 Å². The minimum absolute atomic E-state index is 0.208. The van der Waals surface area contributed by atoms with Gasteiger partial charge in [-0.25, -0.2) is 0 Å². The van der Waals surface area contributed by atoms with Gasteiger partial charge in [-0.15, -0.1) is 0 Å². The number of aryl methyl sites for hydroxylation is 8. The summed E-state index contributed by atoms with van der Waals surface area (Å²) in [5, 5.41) is 0. The third kappa shape index (κ3) is 11.1. The van der Waals surface area contributed by atoms with Crippen LogP contribution >= 0.6 is 0 Å². The Hall–Kier alpha value is -7.52. The van der Waals surface area contributed by atoms with Crippen molar-refractivity contribution in [2.75, 3.05) is 62.6 Å². The average molecular weight is 1170 g/mol. The molecular weight excluding hydrogens is 1070 g/mol. The number of nitrogens with zero attached hydrogens (tertiary/aromatic N) is 8. The van der Waals surface area contributed by atoms with Gasteiger partial charge >= 0.3 is 0 Å². The van der Waals surface area contributed by atoms with Crippen molar-refractivity contribution < 1.29 is 0 Å². The third-order valence-electron chi connectivity index (χ3n) is 21.5. The van der Waals surface area contributed by atoms with Crippen molar-refractivity contribution in [3.63, 3.8) is 0 Å². The standard InChI is InChI=1S/C24H26N2.2C20H24N2.C16H24N2/c1-16-14-17(2)18(3)24(15-16)26-19(4)25(5)22-12-8-6-10-20(22)21-11-7-9-13-23(21)26;1-13-9-14(2)15(3)20(10-13)22-16(4)21-12-18(22)11-17-7-5-6-8-19(17)21;1-13-9-14(2)15(3)19(10-13)22-16(4)21-11-17-7-5-6-8-18(17)20(22)12-21;1-11-8-12(2)13(3)16(9-11)18-14(4)17-7-5-6-15(18)10-17/h6-15,19H,1-5H3;5-10,16,18H,11-12H2,1-4H3;5-10,16,20H,11-12H2,1-4H3;8-9,14-15H,5-7,10H2,1-4H3. The first-order valence-corrected chi connectivity index (χ1v) is 33.0. The molecule has 7 aliphatic rings. The SMILES string of the molecule is Cc1cc(C)c(C)c(N2C3CCCN(C3)C2C)c1.Cc1cc(C)c(C)c(N2C3CN(Cc4ccccc43)C2C)c1.Cc1cc(C)c(C)c(N2C3Cc4ccccc4N(C3)C2C)c1.Cc1cc(C)c(C)c(N2c3ccccc3-c3ccccc3N(C)C2C)c1. The van der Waals surface area contributed by atoms with E-state index in [-0.39, 0.29) is 6.17 Å². The normalized spacial score (nSPS) is 23.4. The monoisotopic (exact) mass is 1170 g/mol. The highest BCUT2D eigenvalue weighted by Gasteiger charge is 2.44. The highest BCUT2D eigenvalue weighted by atomic mass is 15.5. The van der Waals surface area contributed by atoms with Crippen molar-refractivity contribution in [1.82, 2.24) is 9.80 Å². The van der Waals surface area contributed by atoms with Crippen LogP contribution in [0.25, 0.3) is 11.1 Å². The van der Waals surface area contributed by atoms with E-state index in [0.29, 0.717) is 30.6 Å². The zero-order valence-electron chi connectivity index (χ0n) is 56.1. The van der Waals surface area contributed by atoms with E-state index in [1.165, 1.54) is 160 Å². The molecule has 4 saturated heterocycles. The molecule has 7 aliphatic heterocycles. The van der Waals surface area contributed by atoms with Gasteiger partial charge in [0.25, 0.3) is 0 Å². The minimum Gasteiger partial charge on any atom is -0.354 e. The Kier molecular flexibility index (Phi) is 16.9. The van der Waals surface area contributed by atoms with Crippen LogP contribution in [0, 0.1) is 83.1 Å². The van der Waals surface area contributed by atoms with Crippen molar-refractivity contribution in [1.29, 1.82) is 0 Å². The Balaban J connectivity index is 0.000000115. The second-order valence-electron chi connectivity index (χ2n) is 27.2. The van der Waals surface area contributed by atoms with Gasteiger partial charge in [-0.05, 0) is 256 Å². The molecule has 8 aromatic rings. The lowest BCUT2D eigenvalue weighted by Gasteiger charge is -2.38. The number of hydrogen-bond donors (Lipinski definition) is 0. The quantitative estimate of drug-likeness (QED) is 0.172. The summed E-state index contributed by atoms with van der Waals surface area (Å²) in [6.07, 6.45) is 5.52. The van der Waals surface area contributed by atoms with E-state index in [0.717, 1.165) is 32.1 Å². The van der Waals surface area contributed by atoms with Crippen LogP contribution in [0.15, 0.2) is 146 Å². The molecule has 8 nitrogen and oxygen atoms in total. The van der Waals surface area contributed by atoms with Gasteiger partial charge in [0.05, 0.1) is 36.3 Å². The first kappa shape index (κ1) is 60.8. The smallest absolute Gasteiger partial charge is 0.103 e. The highest BCUT2D eigenvalue weighted by Crippen LogP contribution is 2.48. The molecule has 0 spiro atoms. The van der Waals surface area contributed by atoms with Gasteiger partial charge in [-0.2, -0.15) is 0 Å². The molecule has 6 bridgehead atoms. The van der Waals surface area contributed by atoms with E-state index in [9.17, 15) is 0 Å². The lowest BCUT2D eigenvalue weighted by atomic mass is 9.95. The van der Waals surface area contributed by atoms with Crippen LogP contribution in [0.3, 0.4) is 0 Å². The molecule has 7 heterocycles. The summed E-state index contributed by atoms with van der Waals surface area (Å²) in [5.41, 5.74) is 33.3. The van der Waals surface area contributed by atoms with Crippen LogP contribution in [-0.4, -0.2) is 79.8 Å². The molecule has 9 atom stereocenters. The maximum Gasteiger partial charge on any atom is 0.103 e. The molecule has 8 aromatic carbocycles. The fraction of sp³-hybridized carbons (Fsp3) is 0.400. The van der Waals surface area contributed by atoms with Gasteiger partial charge < -0.3 is 29.4 Å². The average Bonchev–Trinajstić information content (AvgIpc) is 1.95. The fourth-order valence-corrected chi connectivity index (χ4v) is 16.3. The molecule has 458 valence electrons. The number of rotatable bonds is 4. The Bertz CT molecular complexity index is 3890. The second-order valence-corrected chi connectivity index (χ2v) is 27.2. The molecule has 0 aromatic heterocycles. The molecule has 88 heavy (non-hydrogen) atoms. The number of hydrogen-bond acceptors (Lipinski definition) is 8. The molecule has 0 radical (unpaired) electrons. The van der Waals surface area contributed by atoms with E-state index in [2.05, 4.69) is 303 Å². The van der Waals surface area contributed by atoms with Crippen LogP contribution < -0.4 is 29.4 Å². The van der Waals surface area contributed by atoms with Gasteiger partial charge in [-0.1, -0.05) is 103 Å². The van der Waals surface area contributed by atoms with Crippen LogP contribution in [0.1, 0.15) is 130 Å². The summed E-state index contributed by atoms with van der Waals surface area (Å²) in [6, 6.07) is 55.7. The lowest BCUT2D eigenvalue weighted by Crippen LogP contribution is -2.42. The zero-order valence-corrected chi connectivity index (χ0v) is 56.1. The van der Waals surface area contributed by atoms with E-state index in [1.54, 1.807) is 0 Å². The van der Waals surface area contributed by atoms with Crippen molar-refractivity contribution in [3.05, 3.63) is 229 Å². The Morgan fingerprint density at radius 3 is 1.41 bits per heavy atom. The Morgan fingerprint density at radius 1 is 0.375 bits per heavy atom. The van der Waals surface area contributed by atoms with E-state index < -0.39 is 0 Å². The van der Waals surface area contributed by atoms with Gasteiger partial charge in [0.15, 0.2) is 0 Å². The van der Waals surface area contributed by atoms with Gasteiger partial charge in [-0.3, -0.25) is 9.80 Å². The van der Waals surface area contributed by atoms with Gasteiger partial charge in [0.1, 0.15) is 6.17 Å². The number of fused-ring (bicyclic) bond motifs is 13. The van der Waals surface area contributed by atoms with Crippen LogP contribution in [0.2, 0.25) is 0 Å².